The lowest BCUT2D eigenvalue weighted by atomic mass is 10.1. The first-order chi connectivity index (χ1) is 12.1. The first-order valence-corrected chi connectivity index (χ1v) is 9.91. The van der Waals surface area contributed by atoms with Gasteiger partial charge in [-0.15, -0.1) is 0 Å². The highest BCUT2D eigenvalue weighted by molar-refractivity contribution is 5.76. The number of likely N-dealkylation sites (tertiary alicyclic amines) is 2. The summed E-state index contributed by atoms with van der Waals surface area (Å²) in [5.74, 6) is 0.331. The van der Waals surface area contributed by atoms with E-state index in [9.17, 15) is 4.79 Å². The van der Waals surface area contributed by atoms with Crippen molar-refractivity contribution in [2.24, 2.45) is 0 Å². The molecule has 1 atom stereocenters. The largest absolute Gasteiger partial charge is 0.378 e. The van der Waals surface area contributed by atoms with Gasteiger partial charge < -0.3 is 14.7 Å². The zero-order valence-corrected chi connectivity index (χ0v) is 15.9. The van der Waals surface area contributed by atoms with Crippen molar-refractivity contribution >= 4 is 11.6 Å². The molecule has 4 heteroatoms. The molecule has 0 aliphatic carbocycles. The van der Waals surface area contributed by atoms with Crippen molar-refractivity contribution in [2.45, 2.75) is 51.0 Å². The second-order valence-electron chi connectivity index (χ2n) is 7.77. The Morgan fingerprint density at radius 2 is 1.88 bits per heavy atom. The molecule has 3 rings (SSSR count). The van der Waals surface area contributed by atoms with Gasteiger partial charge >= 0.3 is 0 Å². The molecule has 2 heterocycles. The summed E-state index contributed by atoms with van der Waals surface area (Å²) in [5, 5.41) is 0. The molecule has 138 valence electrons. The Bertz CT molecular complexity index is 566. The molecule has 2 aliphatic rings. The molecule has 0 N–H and O–H groups in total. The molecule has 25 heavy (non-hydrogen) atoms. The van der Waals surface area contributed by atoms with Crippen molar-refractivity contribution in [1.82, 2.24) is 9.80 Å². The summed E-state index contributed by atoms with van der Waals surface area (Å²) in [6.07, 6.45) is 7.74. The minimum absolute atomic E-state index is 0.331. The van der Waals surface area contributed by atoms with Crippen LogP contribution in [0.1, 0.15) is 44.1 Å². The average Bonchev–Trinajstić information content (AvgIpc) is 3.04. The van der Waals surface area contributed by atoms with Crippen molar-refractivity contribution < 1.29 is 4.79 Å². The predicted molar refractivity (Wildman–Crippen MR) is 104 cm³/mol. The van der Waals surface area contributed by atoms with Gasteiger partial charge in [0.2, 0.25) is 5.91 Å². The van der Waals surface area contributed by atoms with Crippen molar-refractivity contribution in [3.63, 3.8) is 0 Å². The maximum absolute atomic E-state index is 12.7. The van der Waals surface area contributed by atoms with E-state index < -0.39 is 0 Å². The van der Waals surface area contributed by atoms with E-state index in [1.165, 1.54) is 43.6 Å². The van der Waals surface area contributed by atoms with Crippen LogP contribution in [0.25, 0.3) is 0 Å². The minimum Gasteiger partial charge on any atom is -0.378 e. The van der Waals surface area contributed by atoms with E-state index in [1.807, 2.05) is 0 Å². The Balaban J connectivity index is 1.48. The third-order valence-corrected chi connectivity index (χ3v) is 5.76. The number of benzene rings is 1. The molecular formula is C21H33N3O. The molecular weight excluding hydrogens is 310 g/mol. The van der Waals surface area contributed by atoms with Gasteiger partial charge in [-0.2, -0.15) is 0 Å². The van der Waals surface area contributed by atoms with Gasteiger partial charge in [-0.05, 0) is 69.3 Å². The quantitative estimate of drug-likeness (QED) is 0.822. The van der Waals surface area contributed by atoms with Gasteiger partial charge in [-0.25, -0.2) is 0 Å². The lowest BCUT2D eigenvalue weighted by molar-refractivity contribution is -0.131. The zero-order valence-electron chi connectivity index (χ0n) is 15.9. The van der Waals surface area contributed by atoms with Crippen molar-refractivity contribution in [3.05, 3.63) is 29.8 Å². The van der Waals surface area contributed by atoms with E-state index in [2.05, 4.69) is 53.1 Å². The van der Waals surface area contributed by atoms with Crippen LogP contribution in [0.5, 0.6) is 0 Å². The second kappa shape index (κ2) is 8.70. The van der Waals surface area contributed by atoms with Crippen molar-refractivity contribution in [2.75, 3.05) is 45.2 Å². The summed E-state index contributed by atoms with van der Waals surface area (Å²) in [6.45, 7) is 4.42. The average molecular weight is 344 g/mol. The molecule has 1 aromatic carbocycles. The SMILES string of the molecule is CN(C)c1cccc(CCC(=O)N2CCC[C@H](N3CCCC3)CC2)c1. The number of anilines is 1. The third kappa shape index (κ3) is 4.97. The molecule has 2 saturated heterocycles. The Hall–Kier alpha value is -1.55. The smallest absolute Gasteiger partial charge is 0.222 e. The maximum atomic E-state index is 12.7. The van der Waals surface area contributed by atoms with Crippen molar-refractivity contribution in [3.8, 4) is 0 Å². The summed E-state index contributed by atoms with van der Waals surface area (Å²) in [5.41, 5.74) is 2.46. The highest BCUT2D eigenvalue weighted by Gasteiger charge is 2.26. The van der Waals surface area contributed by atoms with E-state index in [4.69, 9.17) is 0 Å². The first-order valence-electron chi connectivity index (χ1n) is 9.91. The van der Waals surface area contributed by atoms with Crippen molar-refractivity contribution in [1.29, 1.82) is 0 Å². The normalized spacial score (nSPS) is 22.0. The van der Waals surface area contributed by atoms with Gasteiger partial charge in [-0.1, -0.05) is 12.1 Å². The van der Waals surface area contributed by atoms with Crippen LogP contribution < -0.4 is 4.90 Å². The lowest BCUT2D eigenvalue weighted by Gasteiger charge is -2.26. The molecule has 2 aliphatic heterocycles. The van der Waals surface area contributed by atoms with E-state index in [0.717, 1.165) is 32.4 Å². The summed E-state index contributed by atoms with van der Waals surface area (Å²) >= 11 is 0. The minimum atomic E-state index is 0.331. The maximum Gasteiger partial charge on any atom is 0.222 e. The molecule has 1 aromatic rings. The number of aryl methyl sites for hydroxylation is 1. The Labute approximate surface area is 152 Å². The standard InChI is InChI=1S/C21H33N3O/c1-22(2)20-8-5-7-18(17-20)10-11-21(25)24-15-6-9-19(12-16-24)23-13-3-4-14-23/h5,7-8,17,19H,3-4,6,9-16H2,1-2H3/t19-/m0/s1. The molecule has 2 fully saturated rings. The number of hydrogen-bond acceptors (Lipinski definition) is 3. The number of carbonyl (C=O) groups excluding carboxylic acids is 1. The van der Waals surface area contributed by atoms with Crippen LogP contribution in [0, 0.1) is 0 Å². The fourth-order valence-electron chi connectivity index (χ4n) is 4.20. The summed E-state index contributed by atoms with van der Waals surface area (Å²) in [6, 6.07) is 9.23. The van der Waals surface area contributed by atoms with E-state index in [-0.39, 0.29) is 0 Å². The summed E-state index contributed by atoms with van der Waals surface area (Å²) < 4.78 is 0. The number of hydrogen-bond donors (Lipinski definition) is 0. The number of carbonyl (C=O) groups is 1. The Kier molecular flexibility index (Phi) is 6.35. The van der Waals surface area contributed by atoms with Crippen LogP contribution in [0.3, 0.4) is 0 Å². The van der Waals surface area contributed by atoms with E-state index >= 15 is 0 Å². The molecule has 0 bridgehead atoms. The van der Waals surface area contributed by atoms with Gasteiger partial charge in [0.25, 0.3) is 0 Å². The predicted octanol–water partition coefficient (Wildman–Crippen LogP) is 3.16. The van der Waals surface area contributed by atoms with Gasteiger partial charge in [0, 0.05) is 45.3 Å². The van der Waals surface area contributed by atoms with Crippen LogP contribution >= 0.6 is 0 Å². The zero-order chi connectivity index (χ0) is 17.6. The van der Waals surface area contributed by atoms with E-state index in [0.29, 0.717) is 18.4 Å². The molecule has 4 nitrogen and oxygen atoms in total. The molecule has 0 unspecified atom stereocenters. The van der Waals surface area contributed by atoms with Crippen LogP contribution in [-0.4, -0.2) is 62.0 Å². The van der Waals surface area contributed by atoms with Crippen LogP contribution in [0.2, 0.25) is 0 Å². The Morgan fingerprint density at radius 3 is 2.64 bits per heavy atom. The Morgan fingerprint density at radius 1 is 1.08 bits per heavy atom. The number of amides is 1. The third-order valence-electron chi connectivity index (χ3n) is 5.76. The van der Waals surface area contributed by atoms with Crippen LogP contribution in [-0.2, 0) is 11.2 Å². The van der Waals surface area contributed by atoms with Gasteiger partial charge in [0.05, 0.1) is 0 Å². The highest BCUT2D eigenvalue weighted by atomic mass is 16.2. The monoisotopic (exact) mass is 343 g/mol. The molecule has 0 radical (unpaired) electrons. The van der Waals surface area contributed by atoms with Crippen LogP contribution in [0.4, 0.5) is 5.69 Å². The number of rotatable bonds is 5. The van der Waals surface area contributed by atoms with Gasteiger partial charge in [0.1, 0.15) is 0 Å². The number of nitrogens with zero attached hydrogens (tertiary/aromatic N) is 3. The summed E-state index contributed by atoms with van der Waals surface area (Å²) in [4.78, 5) is 19.6. The van der Waals surface area contributed by atoms with Crippen LogP contribution in [0.15, 0.2) is 24.3 Å². The van der Waals surface area contributed by atoms with E-state index in [1.54, 1.807) is 0 Å². The topological polar surface area (TPSA) is 26.8 Å². The lowest BCUT2D eigenvalue weighted by Crippen LogP contribution is -2.35. The fourth-order valence-corrected chi connectivity index (χ4v) is 4.20. The fraction of sp³-hybridized carbons (Fsp3) is 0.667. The second-order valence-corrected chi connectivity index (χ2v) is 7.77. The molecule has 0 spiro atoms. The van der Waals surface area contributed by atoms with Gasteiger partial charge in [0.15, 0.2) is 0 Å². The van der Waals surface area contributed by atoms with Gasteiger partial charge in [-0.3, -0.25) is 4.79 Å². The first kappa shape index (κ1) is 18.2. The molecule has 1 amide bonds. The summed E-state index contributed by atoms with van der Waals surface area (Å²) in [7, 11) is 4.11. The highest BCUT2D eigenvalue weighted by Crippen LogP contribution is 2.22. The molecule has 0 saturated carbocycles. The molecule has 0 aromatic heterocycles.